The average molecular weight is 363 g/mol. The van der Waals surface area contributed by atoms with Crippen LogP contribution in [0.5, 0.6) is 0 Å². The van der Waals surface area contributed by atoms with Crippen molar-refractivity contribution in [2.75, 3.05) is 13.1 Å². The van der Waals surface area contributed by atoms with Gasteiger partial charge in [0.05, 0.1) is 5.52 Å². The summed E-state index contributed by atoms with van der Waals surface area (Å²) in [5.74, 6) is -0.0846. The molecule has 1 aromatic heterocycles. The standard InChI is InChI=1S/C20H21N5O2/c26-19(24-13-7-2-8-14-24)18(15-9-3-1-4-10-15)21-20(27)25-17-12-6-5-11-16(17)22-23-25/h1,3-6,9-12,18H,2,7-8,13-14H2,(H,21,27). The Hall–Kier alpha value is -3.22. The van der Waals surface area contributed by atoms with Crippen LogP contribution >= 0.6 is 0 Å². The first kappa shape index (κ1) is 17.2. The summed E-state index contributed by atoms with van der Waals surface area (Å²) in [6.45, 7) is 1.45. The maximum atomic E-state index is 13.1. The Morgan fingerprint density at radius 3 is 2.41 bits per heavy atom. The van der Waals surface area contributed by atoms with Crippen molar-refractivity contribution >= 4 is 23.0 Å². The number of hydrogen-bond donors (Lipinski definition) is 1. The van der Waals surface area contributed by atoms with Crippen molar-refractivity contribution in [1.29, 1.82) is 0 Å². The van der Waals surface area contributed by atoms with Crippen LogP contribution < -0.4 is 5.32 Å². The molecule has 0 radical (unpaired) electrons. The lowest BCUT2D eigenvalue weighted by molar-refractivity contribution is -0.134. The largest absolute Gasteiger partial charge is 0.345 e. The summed E-state index contributed by atoms with van der Waals surface area (Å²) in [4.78, 5) is 27.8. The average Bonchev–Trinajstić information content (AvgIpc) is 3.17. The zero-order chi connectivity index (χ0) is 18.6. The number of fused-ring (bicyclic) bond motifs is 1. The molecule has 0 bridgehead atoms. The van der Waals surface area contributed by atoms with Gasteiger partial charge in [0, 0.05) is 13.1 Å². The molecule has 1 fully saturated rings. The van der Waals surface area contributed by atoms with Crippen molar-refractivity contribution in [2.45, 2.75) is 25.3 Å². The third-order valence-corrected chi connectivity index (χ3v) is 4.86. The Morgan fingerprint density at radius 2 is 1.63 bits per heavy atom. The van der Waals surface area contributed by atoms with Crippen LogP contribution in [-0.2, 0) is 4.79 Å². The van der Waals surface area contributed by atoms with Crippen molar-refractivity contribution in [1.82, 2.24) is 25.2 Å². The van der Waals surface area contributed by atoms with Crippen molar-refractivity contribution in [2.24, 2.45) is 0 Å². The summed E-state index contributed by atoms with van der Waals surface area (Å²) >= 11 is 0. The van der Waals surface area contributed by atoms with Crippen molar-refractivity contribution in [3.63, 3.8) is 0 Å². The van der Waals surface area contributed by atoms with Gasteiger partial charge in [0.1, 0.15) is 11.6 Å². The molecule has 0 saturated carbocycles. The van der Waals surface area contributed by atoms with Crippen LogP contribution in [0.3, 0.4) is 0 Å². The van der Waals surface area contributed by atoms with E-state index in [-0.39, 0.29) is 5.91 Å². The van der Waals surface area contributed by atoms with Crippen LogP contribution in [0.4, 0.5) is 4.79 Å². The number of benzene rings is 2. The number of amides is 2. The van der Waals surface area contributed by atoms with Crippen LogP contribution in [-0.4, -0.2) is 44.9 Å². The Labute approximate surface area is 157 Å². The highest BCUT2D eigenvalue weighted by molar-refractivity contribution is 5.92. The van der Waals surface area contributed by atoms with E-state index in [4.69, 9.17) is 0 Å². The van der Waals surface area contributed by atoms with Crippen molar-refractivity contribution in [3.05, 3.63) is 60.2 Å². The Morgan fingerprint density at radius 1 is 0.926 bits per heavy atom. The molecule has 7 nitrogen and oxygen atoms in total. The Kier molecular flexibility index (Phi) is 4.82. The monoisotopic (exact) mass is 363 g/mol. The maximum Gasteiger partial charge on any atom is 0.345 e. The Balaban J connectivity index is 1.62. The second kappa shape index (κ2) is 7.57. The first-order valence-corrected chi connectivity index (χ1v) is 9.19. The highest BCUT2D eigenvalue weighted by Gasteiger charge is 2.29. The zero-order valence-corrected chi connectivity index (χ0v) is 14.9. The van der Waals surface area contributed by atoms with Gasteiger partial charge in [-0.15, -0.1) is 5.10 Å². The lowest BCUT2D eigenvalue weighted by Gasteiger charge is -2.30. The van der Waals surface area contributed by atoms with E-state index in [2.05, 4.69) is 15.6 Å². The molecular weight excluding hydrogens is 342 g/mol. The van der Waals surface area contributed by atoms with Crippen molar-refractivity contribution in [3.8, 4) is 0 Å². The van der Waals surface area contributed by atoms with Crippen LogP contribution in [0.1, 0.15) is 30.9 Å². The molecule has 2 aromatic carbocycles. The lowest BCUT2D eigenvalue weighted by atomic mass is 10.0. The van der Waals surface area contributed by atoms with E-state index in [1.54, 1.807) is 12.1 Å². The molecule has 1 atom stereocenters. The first-order valence-electron chi connectivity index (χ1n) is 9.19. The Bertz CT molecular complexity index is 947. The minimum absolute atomic E-state index is 0.0846. The number of hydrogen-bond acceptors (Lipinski definition) is 4. The van der Waals surface area contributed by atoms with Gasteiger partial charge in [-0.3, -0.25) is 4.79 Å². The summed E-state index contributed by atoms with van der Waals surface area (Å²) < 4.78 is 1.20. The molecule has 27 heavy (non-hydrogen) atoms. The highest BCUT2D eigenvalue weighted by atomic mass is 16.2. The second-order valence-electron chi connectivity index (χ2n) is 6.67. The van der Waals surface area contributed by atoms with Gasteiger partial charge in [-0.1, -0.05) is 47.7 Å². The van der Waals surface area contributed by atoms with E-state index in [1.165, 1.54) is 4.68 Å². The minimum atomic E-state index is -0.750. The normalized spacial score (nSPS) is 15.5. The number of carbonyl (C=O) groups excluding carboxylic acids is 2. The van der Waals surface area contributed by atoms with Crippen LogP contribution in [0, 0.1) is 0 Å². The number of aromatic nitrogens is 3. The molecule has 2 amide bonds. The molecule has 4 rings (SSSR count). The second-order valence-corrected chi connectivity index (χ2v) is 6.67. The third kappa shape index (κ3) is 3.53. The first-order chi connectivity index (χ1) is 13.2. The summed E-state index contributed by atoms with van der Waals surface area (Å²) in [6, 6.07) is 15.3. The molecule has 138 valence electrons. The molecule has 0 aliphatic carbocycles. The fourth-order valence-corrected chi connectivity index (χ4v) is 3.43. The van der Waals surface area contributed by atoms with Gasteiger partial charge >= 0.3 is 6.03 Å². The number of nitrogens with zero attached hydrogens (tertiary/aromatic N) is 4. The number of likely N-dealkylation sites (tertiary alicyclic amines) is 1. The van der Waals surface area contributed by atoms with E-state index in [0.29, 0.717) is 11.0 Å². The fraction of sp³-hybridized carbons (Fsp3) is 0.300. The molecule has 7 heteroatoms. The molecule has 1 aliphatic heterocycles. The van der Waals surface area contributed by atoms with Crippen molar-refractivity contribution < 1.29 is 9.59 Å². The number of para-hydroxylation sites is 1. The lowest BCUT2D eigenvalue weighted by Crippen LogP contribution is -2.46. The maximum absolute atomic E-state index is 13.1. The summed E-state index contributed by atoms with van der Waals surface area (Å²) in [6.07, 6.45) is 3.13. The molecule has 0 spiro atoms. The molecule has 1 unspecified atom stereocenters. The number of nitrogens with one attached hydrogen (secondary N) is 1. The summed E-state index contributed by atoms with van der Waals surface area (Å²) in [7, 11) is 0. The minimum Gasteiger partial charge on any atom is -0.341 e. The third-order valence-electron chi connectivity index (χ3n) is 4.86. The van der Waals surface area contributed by atoms with Gasteiger partial charge < -0.3 is 10.2 Å². The smallest absolute Gasteiger partial charge is 0.341 e. The number of piperidine rings is 1. The van der Waals surface area contributed by atoms with Crippen LogP contribution in [0.25, 0.3) is 11.0 Å². The van der Waals surface area contributed by atoms with Gasteiger partial charge in [0.25, 0.3) is 0 Å². The van der Waals surface area contributed by atoms with E-state index >= 15 is 0 Å². The molecular formula is C20H21N5O2. The van der Waals surface area contributed by atoms with E-state index in [9.17, 15) is 9.59 Å². The molecule has 1 saturated heterocycles. The van der Waals surface area contributed by atoms with Gasteiger partial charge in [-0.05, 0) is 37.0 Å². The van der Waals surface area contributed by atoms with Gasteiger partial charge in [-0.2, -0.15) is 4.68 Å². The summed E-state index contributed by atoms with van der Waals surface area (Å²) in [5.41, 5.74) is 1.99. The van der Waals surface area contributed by atoms with E-state index < -0.39 is 12.1 Å². The number of rotatable bonds is 3. The molecule has 1 aliphatic rings. The highest BCUT2D eigenvalue weighted by Crippen LogP contribution is 2.20. The van der Waals surface area contributed by atoms with Gasteiger partial charge in [0.2, 0.25) is 5.91 Å². The van der Waals surface area contributed by atoms with E-state index in [1.807, 2.05) is 47.4 Å². The van der Waals surface area contributed by atoms with Gasteiger partial charge in [0.15, 0.2) is 0 Å². The van der Waals surface area contributed by atoms with Crippen LogP contribution in [0.15, 0.2) is 54.6 Å². The number of carbonyl (C=O) groups is 2. The molecule has 1 N–H and O–H groups in total. The predicted octanol–water partition coefficient (Wildman–Crippen LogP) is 2.74. The zero-order valence-electron chi connectivity index (χ0n) is 14.9. The quantitative estimate of drug-likeness (QED) is 0.776. The van der Waals surface area contributed by atoms with Gasteiger partial charge in [-0.25, -0.2) is 4.79 Å². The topological polar surface area (TPSA) is 80.1 Å². The molecule has 3 aromatic rings. The fourth-order valence-electron chi connectivity index (χ4n) is 3.43. The molecule has 2 heterocycles. The SMILES string of the molecule is O=C(C(NC(=O)n1nnc2ccccc21)c1ccccc1)N1CCCCC1. The predicted molar refractivity (Wildman–Crippen MR) is 101 cm³/mol. The van der Waals surface area contributed by atoms with Crippen LogP contribution in [0.2, 0.25) is 0 Å². The summed E-state index contributed by atoms with van der Waals surface area (Å²) in [5, 5.41) is 10.8. The van der Waals surface area contributed by atoms with E-state index in [0.717, 1.165) is 37.9 Å².